The topological polar surface area (TPSA) is 49.5 Å². The quantitative estimate of drug-likeness (QED) is 0.685. The van der Waals surface area contributed by atoms with Gasteiger partial charge in [-0.1, -0.05) is 0 Å². The van der Waals surface area contributed by atoms with Crippen LogP contribution in [0.15, 0.2) is 18.2 Å². The van der Waals surface area contributed by atoms with Crippen LogP contribution in [0.4, 0.5) is 11.4 Å². The number of β-amino-alcohol motifs (C(OH)–C–C–N with tert-alkyl or cyclic N) is 1. The van der Waals surface area contributed by atoms with Crippen LogP contribution >= 0.6 is 0 Å². The fourth-order valence-corrected chi connectivity index (χ4v) is 2.02. The van der Waals surface area contributed by atoms with E-state index in [1.807, 2.05) is 26.0 Å². The summed E-state index contributed by atoms with van der Waals surface area (Å²) < 4.78 is 0. The van der Waals surface area contributed by atoms with Gasteiger partial charge in [0.15, 0.2) is 0 Å². The number of benzene rings is 1. The second-order valence-corrected chi connectivity index (χ2v) is 4.71. The van der Waals surface area contributed by atoms with Gasteiger partial charge in [-0.15, -0.1) is 0 Å². The molecule has 1 unspecified atom stereocenters. The van der Waals surface area contributed by atoms with Crippen LogP contribution < -0.4 is 10.6 Å². The number of rotatable bonds is 1. The van der Waals surface area contributed by atoms with Crippen LogP contribution in [0.25, 0.3) is 0 Å². The van der Waals surface area contributed by atoms with Gasteiger partial charge in [0.25, 0.3) is 0 Å². The highest BCUT2D eigenvalue weighted by Gasteiger charge is 2.31. The summed E-state index contributed by atoms with van der Waals surface area (Å²) in [5.41, 5.74) is 8.30. The van der Waals surface area contributed by atoms with Gasteiger partial charge in [-0.2, -0.15) is 0 Å². The van der Waals surface area contributed by atoms with Crippen molar-refractivity contribution in [2.24, 2.45) is 0 Å². The summed E-state index contributed by atoms with van der Waals surface area (Å²) in [6, 6.07) is 6.03. The van der Waals surface area contributed by atoms with E-state index in [1.165, 1.54) is 0 Å². The van der Waals surface area contributed by atoms with Crippen LogP contribution in [-0.2, 0) is 0 Å². The van der Waals surface area contributed by atoms with E-state index in [-0.39, 0.29) is 0 Å². The van der Waals surface area contributed by atoms with Crippen molar-refractivity contribution < 1.29 is 5.11 Å². The fourth-order valence-electron chi connectivity index (χ4n) is 2.02. The van der Waals surface area contributed by atoms with E-state index in [9.17, 15) is 5.11 Å². The van der Waals surface area contributed by atoms with Crippen molar-refractivity contribution in [1.82, 2.24) is 0 Å². The zero-order valence-electron chi connectivity index (χ0n) is 9.33. The molecule has 15 heavy (non-hydrogen) atoms. The van der Waals surface area contributed by atoms with E-state index in [0.717, 1.165) is 29.9 Å². The molecule has 0 spiro atoms. The molecule has 1 aromatic rings. The molecule has 0 aromatic heterocycles. The Labute approximate surface area is 90.5 Å². The zero-order chi connectivity index (χ0) is 11.1. The van der Waals surface area contributed by atoms with Gasteiger partial charge in [0.1, 0.15) is 0 Å². The smallest absolute Gasteiger partial charge is 0.0810 e. The molecule has 1 aromatic carbocycles. The summed E-state index contributed by atoms with van der Waals surface area (Å²) in [6.45, 7) is 5.51. The van der Waals surface area contributed by atoms with Crippen LogP contribution in [0.1, 0.15) is 18.9 Å². The second-order valence-electron chi connectivity index (χ2n) is 4.71. The highest BCUT2D eigenvalue weighted by atomic mass is 16.3. The van der Waals surface area contributed by atoms with Crippen molar-refractivity contribution in [3.05, 3.63) is 23.8 Å². The third kappa shape index (κ3) is 2.07. The van der Waals surface area contributed by atoms with Crippen LogP contribution in [-0.4, -0.2) is 23.8 Å². The standard InChI is InChI=1S/C12H18N2O/c1-9-7-10(3-4-11(9)13)14-6-5-12(2,15)8-14/h3-4,7,15H,5-6,8,13H2,1-2H3. The van der Waals surface area contributed by atoms with Crippen LogP contribution in [0, 0.1) is 6.92 Å². The van der Waals surface area contributed by atoms with Gasteiger partial charge in [-0.05, 0) is 44.0 Å². The molecular weight excluding hydrogens is 188 g/mol. The molecule has 3 N–H and O–H groups in total. The Morgan fingerprint density at radius 1 is 1.47 bits per heavy atom. The molecule has 1 aliphatic heterocycles. The minimum Gasteiger partial charge on any atom is -0.399 e. The number of aliphatic hydroxyl groups is 1. The Kier molecular flexibility index (Phi) is 2.35. The zero-order valence-corrected chi connectivity index (χ0v) is 9.33. The van der Waals surface area contributed by atoms with Crippen molar-refractivity contribution in [3.8, 4) is 0 Å². The molecule has 0 radical (unpaired) electrons. The molecule has 3 heteroatoms. The van der Waals surface area contributed by atoms with Gasteiger partial charge in [0.2, 0.25) is 0 Å². The van der Waals surface area contributed by atoms with Crippen LogP contribution in [0.2, 0.25) is 0 Å². The molecule has 82 valence electrons. The van der Waals surface area contributed by atoms with E-state index >= 15 is 0 Å². The van der Waals surface area contributed by atoms with E-state index in [2.05, 4.69) is 11.0 Å². The van der Waals surface area contributed by atoms with Gasteiger partial charge >= 0.3 is 0 Å². The molecule has 0 bridgehead atoms. The number of nitrogens with zero attached hydrogens (tertiary/aromatic N) is 1. The summed E-state index contributed by atoms with van der Waals surface area (Å²) in [4.78, 5) is 2.20. The van der Waals surface area contributed by atoms with Crippen molar-refractivity contribution >= 4 is 11.4 Å². The summed E-state index contributed by atoms with van der Waals surface area (Å²) in [6.07, 6.45) is 0.830. The van der Waals surface area contributed by atoms with E-state index < -0.39 is 5.60 Å². The molecular formula is C12H18N2O. The van der Waals surface area contributed by atoms with Gasteiger partial charge in [-0.3, -0.25) is 0 Å². The van der Waals surface area contributed by atoms with E-state index in [4.69, 9.17) is 5.73 Å². The first-order chi connectivity index (χ1) is 6.98. The minimum atomic E-state index is -0.546. The summed E-state index contributed by atoms with van der Waals surface area (Å²) >= 11 is 0. The molecule has 1 saturated heterocycles. The lowest BCUT2D eigenvalue weighted by Gasteiger charge is -2.21. The number of anilines is 2. The van der Waals surface area contributed by atoms with Crippen LogP contribution in [0.5, 0.6) is 0 Å². The van der Waals surface area contributed by atoms with E-state index in [0.29, 0.717) is 6.54 Å². The number of nitrogens with two attached hydrogens (primary N) is 1. The number of aryl methyl sites for hydroxylation is 1. The second kappa shape index (κ2) is 3.42. The SMILES string of the molecule is Cc1cc(N2CCC(C)(O)C2)ccc1N. The van der Waals surface area contributed by atoms with Crippen molar-refractivity contribution in [1.29, 1.82) is 0 Å². The molecule has 0 aliphatic carbocycles. The average Bonchev–Trinajstić information content (AvgIpc) is 2.51. The maximum absolute atomic E-state index is 9.88. The van der Waals surface area contributed by atoms with Gasteiger partial charge in [0.05, 0.1) is 5.60 Å². The Morgan fingerprint density at radius 2 is 2.20 bits per heavy atom. The Hall–Kier alpha value is -1.22. The Bertz CT molecular complexity index is 374. The van der Waals surface area contributed by atoms with Gasteiger partial charge < -0.3 is 15.7 Å². The molecule has 1 fully saturated rings. The maximum Gasteiger partial charge on any atom is 0.0810 e. The molecule has 1 atom stereocenters. The summed E-state index contributed by atoms with van der Waals surface area (Å²) in [5, 5.41) is 9.88. The van der Waals surface area contributed by atoms with Crippen molar-refractivity contribution in [2.45, 2.75) is 25.9 Å². The minimum absolute atomic E-state index is 0.546. The first kappa shape index (κ1) is 10.3. The van der Waals surface area contributed by atoms with Crippen LogP contribution in [0.3, 0.4) is 0 Å². The predicted octanol–water partition coefficient (Wildman–Crippen LogP) is 1.54. The molecule has 1 aliphatic rings. The first-order valence-corrected chi connectivity index (χ1v) is 5.31. The highest BCUT2D eigenvalue weighted by molar-refractivity contribution is 5.58. The molecule has 3 nitrogen and oxygen atoms in total. The Balaban J connectivity index is 2.21. The van der Waals surface area contributed by atoms with Crippen molar-refractivity contribution in [2.75, 3.05) is 23.7 Å². The number of nitrogen functional groups attached to an aromatic ring is 1. The predicted molar refractivity (Wildman–Crippen MR) is 63.0 cm³/mol. The monoisotopic (exact) mass is 206 g/mol. The van der Waals surface area contributed by atoms with Gasteiger partial charge in [-0.25, -0.2) is 0 Å². The number of hydrogen-bond donors (Lipinski definition) is 2. The first-order valence-electron chi connectivity index (χ1n) is 5.31. The fraction of sp³-hybridized carbons (Fsp3) is 0.500. The molecule has 1 heterocycles. The lowest BCUT2D eigenvalue weighted by Crippen LogP contribution is -2.29. The molecule has 2 rings (SSSR count). The van der Waals surface area contributed by atoms with Crippen molar-refractivity contribution in [3.63, 3.8) is 0 Å². The summed E-state index contributed by atoms with van der Waals surface area (Å²) in [5.74, 6) is 0. The highest BCUT2D eigenvalue weighted by Crippen LogP contribution is 2.28. The maximum atomic E-state index is 9.88. The normalized spacial score (nSPS) is 25.9. The van der Waals surface area contributed by atoms with E-state index in [1.54, 1.807) is 0 Å². The third-order valence-electron chi connectivity index (χ3n) is 3.07. The average molecular weight is 206 g/mol. The van der Waals surface area contributed by atoms with Gasteiger partial charge in [0, 0.05) is 24.5 Å². The Morgan fingerprint density at radius 3 is 2.73 bits per heavy atom. The largest absolute Gasteiger partial charge is 0.399 e. The molecule has 0 amide bonds. The lowest BCUT2D eigenvalue weighted by molar-refractivity contribution is 0.0839. The lowest BCUT2D eigenvalue weighted by atomic mass is 10.1. The summed E-state index contributed by atoms with van der Waals surface area (Å²) in [7, 11) is 0. The third-order valence-corrected chi connectivity index (χ3v) is 3.07. The molecule has 0 saturated carbocycles. The number of hydrogen-bond acceptors (Lipinski definition) is 3.